The Balaban J connectivity index is 3.06. The summed E-state index contributed by atoms with van der Waals surface area (Å²) in [5.41, 5.74) is 0.593. The molecule has 0 spiro atoms. The van der Waals surface area contributed by atoms with Gasteiger partial charge < -0.3 is 4.74 Å². The number of rotatable bonds is 3. The smallest absolute Gasteiger partial charge is 0.176 e. The monoisotopic (exact) mass is 276 g/mol. The number of halogens is 2. The lowest BCUT2D eigenvalue weighted by Crippen LogP contribution is -2.09. The fourth-order valence-corrected chi connectivity index (χ4v) is 1.50. The molecule has 76 valence electrons. The SMILES string of the molecule is COc1cc(C(=O)C(C)Br)ccc1Cl. The Morgan fingerprint density at radius 3 is 2.71 bits per heavy atom. The summed E-state index contributed by atoms with van der Waals surface area (Å²) >= 11 is 9.05. The highest BCUT2D eigenvalue weighted by Crippen LogP contribution is 2.26. The summed E-state index contributed by atoms with van der Waals surface area (Å²) < 4.78 is 5.02. The second-order valence-electron chi connectivity index (χ2n) is 2.83. The van der Waals surface area contributed by atoms with Gasteiger partial charge in [-0.25, -0.2) is 0 Å². The van der Waals surface area contributed by atoms with Gasteiger partial charge in [-0.05, 0) is 25.1 Å². The molecule has 1 aromatic carbocycles. The molecule has 0 saturated heterocycles. The molecule has 0 N–H and O–H groups in total. The highest BCUT2D eigenvalue weighted by Gasteiger charge is 2.13. The molecule has 0 heterocycles. The van der Waals surface area contributed by atoms with Gasteiger partial charge in [-0.1, -0.05) is 27.5 Å². The largest absolute Gasteiger partial charge is 0.495 e. The van der Waals surface area contributed by atoms with Crippen molar-refractivity contribution in [2.24, 2.45) is 0 Å². The van der Waals surface area contributed by atoms with Crippen molar-refractivity contribution in [3.8, 4) is 5.75 Å². The molecule has 1 aromatic rings. The highest BCUT2D eigenvalue weighted by molar-refractivity contribution is 9.10. The first-order valence-electron chi connectivity index (χ1n) is 4.08. The van der Waals surface area contributed by atoms with E-state index < -0.39 is 0 Å². The van der Waals surface area contributed by atoms with E-state index in [0.717, 1.165) is 0 Å². The van der Waals surface area contributed by atoms with Crippen molar-refractivity contribution >= 4 is 33.3 Å². The zero-order valence-electron chi connectivity index (χ0n) is 7.88. The standard InChI is InChI=1S/C10H10BrClO2/c1-6(11)10(13)7-3-4-8(12)9(5-7)14-2/h3-6H,1-2H3. The van der Waals surface area contributed by atoms with Crippen molar-refractivity contribution < 1.29 is 9.53 Å². The van der Waals surface area contributed by atoms with E-state index in [4.69, 9.17) is 16.3 Å². The van der Waals surface area contributed by atoms with E-state index >= 15 is 0 Å². The maximum absolute atomic E-state index is 11.6. The third-order valence-corrected chi connectivity index (χ3v) is 2.53. The van der Waals surface area contributed by atoms with Crippen molar-refractivity contribution in [2.75, 3.05) is 7.11 Å². The number of methoxy groups -OCH3 is 1. The molecule has 1 atom stereocenters. The van der Waals surface area contributed by atoms with Crippen molar-refractivity contribution in [1.82, 2.24) is 0 Å². The zero-order valence-corrected chi connectivity index (χ0v) is 10.2. The molecule has 1 rings (SSSR count). The Morgan fingerprint density at radius 1 is 1.57 bits per heavy atom. The molecule has 0 aliphatic rings. The van der Waals surface area contributed by atoms with Crippen LogP contribution in [0.4, 0.5) is 0 Å². The van der Waals surface area contributed by atoms with Crippen LogP contribution < -0.4 is 4.74 Å². The van der Waals surface area contributed by atoms with Crippen LogP contribution in [0.3, 0.4) is 0 Å². The van der Waals surface area contributed by atoms with Gasteiger partial charge in [0, 0.05) is 5.56 Å². The third kappa shape index (κ3) is 2.49. The van der Waals surface area contributed by atoms with Gasteiger partial charge in [0.15, 0.2) is 5.78 Å². The van der Waals surface area contributed by atoms with Crippen molar-refractivity contribution in [2.45, 2.75) is 11.8 Å². The quantitative estimate of drug-likeness (QED) is 0.626. The van der Waals surface area contributed by atoms with E-state index in [1.807, 2.05) is 0 Å². The molecule has 2 nitrogen and oxygen atoms in total. The van der Waals surface area contributed by atoms with Crippen LogP contribution in [0.5, 0.6) is 5.75 Å². The van der Waals surface area contributed by atoms with Crippen LogP contribution >= 0.6 is 27.5 Å². The summed E-state index contributed by atoms with van der Waals surface area (Å²) in [6.07, 6.45) is 0. The number of ether oxygens (including phenoxy) is 1. The minimum Gasteiger partial charge on any atom is -0.495 e. The summed E-state index contributed by atoms with van der Waals surface area (Å²) in [4.78, 5) is 11.4. The van der Waals surface area contributed by atoms with Gasteiger partial charge in [-0.2, -0.15) is 0 Å². The van der Waals surface area contributed by atoms with Crippen LogP contribution in [0, 0.1) is 0 Å². The average Bonchev–Trinajstić information content (AvgIpc) is 2.17. The zero-order chi connectivity index (χ0) is 10.7. The molecule has 4 heteroatoms. The van der Waals surface area contributed by atoms with Crippen LogP contribution in [0.25, 0.3) is 0 Å². The molecule has 14 heavy (non-hydrogen) atoms. The number of Topliss-reactive ketones (excluding diaryl/α,β-unsaturated/α-hetero) is 1. The summed E-state index contributed by atoms with van der Waals surface area (Å²) in [5.74, 6) is 0.533. The molecule has 0 bridgehead atoms. The predicted octanol–water partition coefficient (Wildman–Crippen LogP) is 3.31. The minimum absolute atomic E-state index is 0.0139. The fourth-order valence-electron chi connectivity index (χ4n) is 1.04. The van der Waals surface area contributed by atoms with Gasteiger partial charge in [0.1, 0.15) is 5.75 Å². The van der Waals surface area contributed by atoms with Gasteiger partial charge in [0.25, 0.3) is 0 Å². The normalized spacial score (nSPS) is 12.3. The fraction of sp³-hybridized carbons (Fsp3) is 0.300. The summed E-state index contributed by atoms with van der Waals surface area (Å²) in [6, 6.07) is 4.98. The van der Waals surface area contributed by atoms with Gasteiger partial charge in [-0.15, -0.1) is 0 Å². The lowest BCUT2D eigenvalue weighted by molar-refractivity contribution is 0.0995. The Hall–Kier alpha value is -0.540. The predicted molar refractivity (Wildman–Crippen MR) is 60.7 cm³/mol. The summed E-state index contributed by atoms with van der Waals surface area (Å²) in [5, 5.41) is 0.506. The molecule has 0 aliphatic heterocycles. The number of ketones is 1. The number of carbonyl (C=O) groups excluding carboxylic acids is 1. The first-order valence-corrected chi connectivity index (χ1v) is 5.37. The van der Waals surface area contributed by atoms with Crippen LogP contribution in [0.15, 0.2) is 18.2 Å². The maximum atomic E-state index is 11.6. The van der Waals surface area contributed by atoms with Gasteiger partial charge in [-0.3, -0.25) is 4.79 Å². The van der Waals surface area contributed by atoms with E-state index in [-0.39, 0.29) is 10.6 Å². The molecule has 0 radical (unpaired) electrons. The van der Waals surface area contributed by atoms with Crippen LogP contribution in [-0.4, -0.2) is 17.7 Å². The number of alkyl halides is 1. The van der Waals surface area contributed by atoms with E-state index in [9.17, 15) is 4.79 Å². The number of carbonyl (C=O) groups is 1. The lowest BCUT2D eigenvalue weighted by Gasteiger charge is -2.06. The summed E-state index contributed by atoms with van der Waals surface area (Å²) in [6.45, 7) is 1.78. The van der Waals surface area contributed by atoms with E-state index in [2.05, 4.69) is 15.9 Å². The Bertz CT molecular complexity index is 350. The van der Waals surface area contributed by atoms with E-state index in [1.54, 1.807) is 25.1 Å². The van der Waals surface area contributed by atoms with Gasteiger partial charge in [0.05, 0.1) is 17.0 Å². The first kappa shape index (κ1) is 11.5. The average molecular weight is 278 g/mol. The molecular formula is C10H10BrClO2. The number of hydrogen-bond acceptors (Lipinski definition) is 2. The molecule has 0 amide bonds. The number of benzene rings is 1. The Kier molecular flexibility index (Phi) is 3.96. The molecule has 0 aliphatic carbocycles. The third-order valence-electron chi connectivity index (χ3n) is 1.80. The topological polar surface area (TPSA) is 26.3 Å². The first-order chi connectivity index (χ1) is 6.56. The second-order valence-corrected chi connectivity index (χ2v) is 4.61. The van der Waals surface area contributed by atoms with Gasteiger partial charge >= 0.3 is 0 Å². The van der Waals surface area contributed by atoms with E-state index in [0.29, 0.717) is 16.3 Å². The molecule has 0 aromatic heterocycles. The Labute approximate surface area is 96.3 Å². The molecule has 0 saturated carbocycles. The number of hydrogen-bond donors (Lipinski definition) is 0. The Morgan fingerprint density at radius 2 is 2.21 bits per heavy atom. The van der Waals surface area contributed by atoms with Gasteiger partial charge in [0.2, 0.25) is 0 Å². The molecule has 0 fully saturated rings. The van der Waals surface area contributed by atoms with Crippen LogP contribution in [0.2, 0.25) is 5.02 Å². The minimum atomic E-state index is -0.201. The van der Waals surface area contributed by atoms with Crippen molar-refractivity contribution in [3.63, 3.8) is 0 Å². The second kappa shape index (κ2) is 4.80. The van der Waals surface area contributed by atoms with Crippen LogP contribution in [0.1, 0.15) is 17.3 Å². The van der Waals surface area contributed by atoms with Crippen LogP contribution in [-0.2, 0) is 0 Å². The van der Waals surface area contributed by atoms with E-state index in [1.165, 1.54) is 7.11 Å². The summed E-state index contributed by atoms with van der Waals surface area (Å²) in [7, 11) is 1.52. The lowest BCUT2D eigenvalue weighted by atomic mass is 10.1. The molecular weight excluding hydrogens is 267 g/mol. The van der Waals surface area contributed by atoms with Crippen molar-refractivity contribution in [3.05, 3.63) is 28.8 Å². The molecule has 1 unspecified atom stereocenters. The maximum Gasteiger partial charge on any atom is 0.176 e. The van der Waals surface area contributed by atoms with Crippen molar-refractivity contribution in [1.29, 1.82) is 0 Å². The highest BCUT2D eigenvalue weighted by atomic mass is 79.9.